The predicted molar refractivity (Wildman–Crippen MR) is 143 cm³/mol. The summed E-state index contributed by atoms with van der Waals surface area (Å²) in [6.07, 6.45) is -2.17. The fraction of sp³-hybridized carbons (Fsp3) is 0.517. The minimum Gasteiger partial charge on any atom is -0.444 e. The second-order valence-corrected chi connectivity index (χ2v) is 11.3. The van der Waals surface area contributed by atoms with Gasteiger partial charge in [0.1, 0.15) is 5.60 Å². The van der Waals surface area contributed by atoms with E-state index in [1.165, 1.54) is 12.1 Å². The Hall–Kier alpha value is -3.07. The van der Waals surface area contributed by atoms with Crippen molar-refractivity contribution in [1.82, 2.24) is 19.6 Å². The molecule has 0 saturated carbocycles. The molecule has 1 aliphatic rings. The number of alkyl halides is 3. The molecule has 206 valence electrons. The SMILES string of the molecule is CN(C)CCCn1nc2cc(-c3cccc(C(F)(F)F)c3)ccc2c1C1CCN(C(=O)OC(C)(C)C)CC1. The Balaban J connectivity index is 1.63. The molecule has 1 fully saturated rings. The Labute approximate surface area is 222 Å². The molecule has 38 heavy (non-hydrogen) atoms. The minimum absolute atomic E-state index is 0.220. The van der Waals surface area contributed by atoms with Crippen LogP contribution in [0, 0.1) is 0 Å². The number of fused-ring (bicyclic) bond motifs is 1. The largest absolute Gasteiger partial charge is 0.444 e. The molecule has 0 atom stereocenters. The molecule has 0 N–H and O–H groups in total. The summed E-state index contributed by atoms with van der Waals surface area (Å²) < 4.78 is 47.5. The van der Waals surface area contributed by atoms with Gasteiger partial charge >= 0.3 is 12.3 Å². The first-order valence-corrected chi connectivity index (χ1v) is 13.1. The van der Waals surface area contributed by atoms with Crippen molar-refractivity contribution in [2.45, 2.75) is 64.3 Å². The Kier molecular flexibility index (Phi) is 8.06. The number of benzene rings is 2. The molecule has 9 heteroatoms. The molecule has 0 spiro atoms. The van der Waals surface area contributed by atoms with Gasteiger partial charge in [-0.2, -0.15) is 18.3 Å². The van der Waals surface area contributed by atoms with E-state index in [1.807, 2.05) is 53.1 Å². The van der Waals surface area contributed by atoms with Crippen LogP contribution in [-0.4, -0.2) is 65.0 Å². The van der Waals surface area contributed by atoms with Gasteiger partial charge in [0, 0.05) is 36.6 Å². The van der Waals surface area contributed by atoms with E-state index >= 15 is 0 Å². The molecule has 3 aromatic rings. The number of likely N-dealkylation sites (tertiary alicyclic amines) is 1. The number of ether oxygens (including phenoxy) is 1. The standard InChI is InChI=1S/C29H37F3N4O2/c1-28(2,3)38-27(37)35-16-12-20(13-17-35)26-24-11-10-22(21-8-6-9-23(18-21)29(30,31)32)19-25(24)33-36(26)15-7-14-34(4)5/h6,8-11,18-20H,7,12-17H2,1-5H3. The lowest BCUT2D eigenvalue weighted by Gasteiger charge is -2.33. The highest BCUT2D eigenvalue weighted by Gasteiger charge is 2.32. The summed E-state index contributed by atoms with van der Waals surface area (Å²) in [6, 6.07) is 11.1. The zero-order valence-electron chi connectivity index (χ0n) is 22.8. The van der Waals surface area contributed by atoms with Crippen molar-refractivity contribution in [2.24, 2.45) is 0 Å². The third-order valence-corrected chi connectivity index (χ3v) is 6.81. The molecule has 4 rings (SSSR count). The van der Waals surface area contributed by atoms with E-state index in [0.717, 1.165) is 55.0 Å². The quantitative estimate of drug-likeness (QED) is 0.352. The van der Waals surface area contributed by atoms with E-state index in [2.05, 4.69) is 9.58 Å². The van der Waals surface area contributed by atoms with Gasteiger partial charge < -0.3 is 14.5 Å². The van der Waals surface area contributed by atoms with E-state index in [0.29, 0.717) is 24.2 Å². The van der Waals surface area contributed by atoms with Crippen LogP contribution >= 0.6 is 0 Å². The molecule has 0 bridgehead atoms. The third-order valence-electron chi connectivity index (χ3n) is 6.81. The number of aryl methyl sites for hydroxylation is 1. The van der Waals surface area contributed by atoms with Gasteiger partial charge in [0.2, 0.25) is 0 Å². The van der Waals surface area contributed by atoms with E-state index < -0.39 is 17.3 Å². The topological polar surface area (TPSA) is 50.6 Å². The maximum absolute atomic E-state index is 13.3. The highest BCUT2D eigenvalue weighted by molar-refractivity contribution is 5.87. The molecule has 1 aliphatic heterocycles. The van der Waals surface area contributed by atoms with Crippen molar-refractivity contribution in [3.8, 4) is 11.1 Å². The van der Waals surface area contributed by atoms with E-state index in [9.17, 15) is 18.0 Å². The van der Waals surface area contributed by atoms with Crippen LogP contribution in [0.1, 0.15) is 57.2 Å². The smallest absolute Gasteiger partial charge is 0.416 e. The first-order chi connectivity index (χ1) is 17.8. The fourth-order valence-electron chi connectivity index (χ4n) is 5.01. The van der Waals surface area contributed by atoms with Gasteiger partial charge in [-0.05, 0) is 90.0 Å². The van der Waals surface area contributed by atoms with Crippen molar-refractivity contribution >= 4 is 17.0 Å². The number of amides is 1. The second kappa shape index (κ2) is 11.0. The van der Waals surface area contributed by atoms with Gasteiger partial charge in [0.05, 0.1) is 11.1 Å². The number of hydrogen-bond donors (Lipinski definition) is 0. The molecule has 0 radical (unpaired) electrons. The van der Waals surface area contributed by atoms with E-state index in [-0.39, 0.29) is 12.0 Å². The molecule has 2 aromatic carbocycles. The van der Waals surface area contributed by atoms with Gasteiger partial charge in [-0.25, -0.2) is 4.79 Å². The third kappa shape index (κ3) is 6.67. The average molecular weight is 531 g/mol. The first-order valence-electron chi connectivity index (χ1n) is 13.1. The van der Waals surface area contributed by atoms with Gasteiger partial charge in [-0.15, -0.1) is 0 Å². The van der Waals surface area contributed by atoms with Crippen LogP contribution in [-0.2, 0) is 17.5 Å². The minimum atomic E-state index is -4.39. The first kappa shape index (κ1) is 28.0. The van der Waals surface area contributed by atoms with Crippen LogP contribution < -0.4 is 0 Å². The van der Waals surface area contributed by atoms with Crippen molar-refractivity contribution in [3.05, 3.63) is 53.7 Å². The van der Waals surface area contributed by atoms with Crippen LogP contribution in [0.2, 0.25) is 0 Å². The lowest BCUT2D eigenvalue weighted by molar-refractivity contribution is -0.137. The Morgan fingerprint density at radius 2 is 1.74 bits per heavy atom. The highest BCUT2D eigenvalue weighted by Crippen LogP contribution is 2.37. The molecule has 1 aromatic heterocycles. The predicted octanol–water partition coefficient (Wildman–Crippen LogP) is 6.79. The van der Waals surface area contributed by atoms with Gasteiger partial charge in [0.25, 0.3) is 0 Å². The number of carbonyl (C=O) groups is 1. The van der Waals surface area contributed by atoms with Crippen LogP contribution in [0.25, 0.3) is 22.0 Å². The van der Waals surface area contributed by atoms with Gasteiger partial charge in [0.15, 0.2) is 0 Å². The van der Waals surface area contributed by atoms with Crippen molar-refractivity contribution < 1.29 is 22.7 Å². The zero-order chi connectivity index (χ0) is 27.7. The molecular formula is C29H37F3N4O2. The fourth-order valence-corrected chi connectivity index (χ4v) is 5.01. The molecular weight excluding hydrogens is 493 g/mol. The van der Waals surface area contributed by atoms with Crippen LogP contribution in [0.5, 0.6) is 0 Å². The van der Waals surface area contributed by atoms with Gasteiger partial charge in [-0.3, -0.25) is 4.68 Å². The average Bonchev–Trinajstić information content (AvgIpc) is 3.19. The number of hydrogen-bond acceptors (Lipinski definition) is 4. The molecule has 1 saturated heterocycles. The van der Waals surface area contributed by atoms with Crippen LogP contribution in [0.4, 0.5) is 18.0 Å². The maximum Gasteiger partial charge on any atom is 0.416 e. The zero-order valence-corrected chi connectivity index (χ0v) is 22.8. The summed E-state index contributed by atoms with van der Waals surface area (Å²) in [7, 11) is 4.07. The Morgan fingerprint density at radius 3 is 2.37 bits per heavy atom. The van der Waals surface area contributed by atoms with Gasteiger partial charge in [-0.1, -0.05) is 24.3 Å². The van der Waals surface area contributed by atoms with E-state index in [4.69, 9.17) is 9.84 Å². The molecule has 1 amide bonds. The lowest BCUT2D eigenvalue weighted by atomic mass is 9.91. The van der Waals surface area contributed by atoms with Crippen LogP contribution in [0.15, 0.2) is 42.5 Å². The summed E-state index contributed by atoms with van der Waals surface area (Å²) in [4.78, 5) is 16.5. The molecule has 0 aliphatic carbocycles. The molecule has 0 unspecified atom stereocenters. The summed E-state index contributed by atoms with van der Waals surface area (Å²) >= 11 is 0. The highest BCUT2D eigenvalue weighted by atomic mass is 19.4. The number of carbonyl (C=O) groups excluding carboxylic acids is 1. The summed E-state index contributed by atoms with van der Waals surface area (Å²) in [5.74, 6) is 0.220. The lowest BCUT2D eigenvalue weighted by Crippen LogP contribution is -2.41. The van der Waals surface area contributed by atoms with Crippen molar-refractivity contribution in [1.29, 1.82) is 0 Å². The number of aromatic nitrogens is 2. The Bertz CT molecular complexity index is 1270. The van der Waals surface area contributed by atoms with Crippen LogP contribution in [0.3, 0.4) is 0 Å². The normalized spacial score (nSPS) is 15.4. The number of piperidine rings is 1. The van der Waals surface area contributed by atoms with Crippen molar-refractivity contribution in [2.75, 3.05) is 33.7 Å². The second-order valence-electron chi connectivity index (χ2n) is 11.3. The summed E-state index contributed by atoms with van der Waals surface area (Å²) in [6.45, 7) is 8.46. The maximum atomic E-state index is 13.3. The number of rotatable bonds is 6. The number of halogens is 3. The van der Waals surface area contributed by atoms with Crippen molar-refractivity contribution in [3.63, 3.8) is 0 Å². The monoisotopic (exact) mass is 530 g/mol. The summed E-state index contributed by atoms with van der Waals surface area (Å²) in [5, 5.41) is 5.93. The number of nitrogens with zero attached hydrogens (tertiary/aromatic N) is 4. The Morgan fingerprint density at radius 1 is 1.05 bits per heavy atom. The van der Waals surface area contributed by atoms with E-state index in [1.54, 1.807) is 11.0 Å². The molecule has 2 heterocycles. The summed E-state index contributed by atoms with van der Waals surface area (Å²) in [5.41, 5.74) is 1.92. The molecule has 6 nitrogen and oxygen atoms in total.